The molecule has 3 amide bonds. The van der Waals surface area contributed by atoms with Crippen molar-refractivity contribution in [3.63, 3.8) is 0 Å². The Bertz CT molecular complexity index is 1360. The fraction of sp³-hybridized carbons (Fsp3) is 0.111. The summed E-state index contributed by atoms with van der Waals surface area (Å²) in [5, 5.41) is 6.91. The summed E-state index contributed by atoms with van der Waals surface area (Å²) in [7, 11) is 0. The first kappa shape index (κ1) is 24.8. The van der Waals surface area contributed by atoms with E-state index in [9.17, 15) is 9.59 Å². The third kappa shape index (κ3) is 5.76. The summed E-state index contributed by atoms with van der Waals surface area (Å²) in [5.41, 5.74) is 2.10. The van der Waals surface area contributed by atoms with E-state index in [1.54, 1.807) is 30.0 Å². The van der Waals surface area contributed by atoms with Gasteiger partial charge in [0, 0.05) is 31.2 Å². The molecule has 3 aromatic rings. The van der Waals surface area contributed by atoms with Crippen LogP contribution in [0.5, 0.6) is 0 Å². The highest BCUT2D eigenvalue weighted by Crippen LogP contribution is 2.43. The SMILES string of the molecule is O=C(CSc1cccc(NC(=O)N2c3ccccc3SC3C=CC=CC32)c1)Nc1cc(Cl)cc(Cl)c1. The van der Waals surface area contributed by atoms with Crippen molar-refractivity contribution in [3.8, 4) is 0 Å². The number of anilines is 3. The molecular formula is C27H21Cl2N3O2S2. The van der Waals surface area contributed by atoms with Crippen molar-refractivity contribution in [2.75, 3.05) is 21.3 Å². The largest absolute Gasteiger partial charge is 0.326 e. The Balaban J connectivity index is 1.26. The van der Waals surface area contributed by atoms with Crippen LogP contribution in [-0.4, -0.2) is 29.0 Å². The third-order valence-electron chi connectivity index (χ3n) is 5.56. The van der Waals surface area contributed by atoms with E-state index in [-0.39, 0.29) is 29.0 Å². The molecule has 0 aromatic heterocycles. The van der Waals surface area contributed by atoms with Crippen molar-refractivity contribution < 1.29 is 9.59 Å². The van der Waals surface area contributed by atoms with E-state index >= 15 is 0 Å². The normalized spacial score (nSPS) is 17.8. The van der Waals surface area contributed by atoms with Gasteiger partial charge < -0.3 is 10.6 Å². The monoisotopic (exact) mass is 553 g/mol. The smallest absolute Gasteiger partial charge is 0.325 e. The molecule has 0 saturated heterocycles. The number of rotatable bonds is 5. The fourth-order valence-corrected chi connectivity index (χ4v) is 6.58. The number of nitrogens with zero attached hydrogens (tertiary/aromatic N) is 1. The summed E-state index contributed by atoms with van der Waals surface area (Å²) in [6.45, 7) is 0. The number of amides is 3. The number of nitrogens with one attached hydrogen (secondary N) is 2. The lowest BCUT2D eigenvalue weighted by molar-refractivity contribution is -0.113. The van der Waals surface area contributed by atoms with Gasteiger partial charge in [-0.25, -0.2) is 4.79 Å². The molecule has 5 rings (SSSR count). The molecule has 0 bridgehead atoms. The zero-order valence-electron chi connectivity index (χ0n) is 18.9. The third-order valence-corrected chi connectivity index (χ3v) is 8.30. The van der Waals surface area contributed by atoms with Crippen LogP contribution in [0.3, 0.4) is 0 Å². The lowest BCUT2D eigenvalue weighted by Gasteiger charge is -2.40. The van der Waals surface area contributed by atoms with Gasteiger partial charge in [0.15, 0.2) is 0 Å². The predicted molar refractivity (Wildman–Crippen MR) is 152 cm³/mol. The lowest BCUT2D eigenvalue weighted by Crippen LogP contribution is -2.49. The Morgan fingerprint density at radius 2 is 1.67 bits per heavy atom. The maximum absolute atomic E-state index is 13.5. The van der Waals surface area contributed by atoms with Crippen molar-refractivity contribution in [1.82, 2.24) is 0 Å². The van der Waals surface area contributed by atoms with Crippen LogP contribution < -0.4 is 15.5 Å². The minimum Gasteiger partial charge on any atom is -0.325 e. The highest BCUT2D eigenvalue weighted by Gasteiger charge is 2.36. The number of carbonyl (C=O) groups excluding carboxylic acids is 2. The van der Waals surface area contributed by atoms with Gasteiger partial charge in [0.05, 0.1) is 22.7 Å². The van der Waals surface area contributed by atoms with Gasteiger partial charge in [0.25, 0.3) is 0 Å². The molecule has 9 heteroatoms. The Kier molecular flexibility index (Phi) is 7.62. The minimum atomic E-state index is -0.199. The maximum atomic E-state index is 13.5. The molecule has 182 valence electrons. The summed E-state index contributed by atoms with van der Waals surface area (Å²) in [6.07, 6.45) is 8.20. The number of hydrogen-bond acceptors (Lipinski definition) is 4. The van der Waals surface area contributed by atoms with Gasteiger partial charge in [-0.2, -0.15) is 0 Å². The van der Waals surface area contributed by atoms with Crippen LogP contribution >= 0.6 is 46.7 Å². The van der Waals surface area contributed by atoms with Crippen LogP contribution in [0.2, 0.25) is 10.0 Å². The molecule has 3 aromatic carbocycles. The average Bonchev–Trinajstić information content (AvgIpc) is 2.85. The van der Waals surface area contributed by atoms with Crippen molar-refractivity contribution in [3.05, 3.63) is 101 Å². The zero-order chi connectivity index (χ0) is 25.1. The number of hydrogen-bond donors (Lipinski definition) is 2. The molecule has 36 heavy (non-hydrogen) atoms. The summed E-state index contributed by atoms with van der Waals surface area (Å²) >= 11 is 15.1. The second kappa shape index (κ2) is 11.0. The fourth-order valence-electron chi connectivity index (χ4n) is 4.04. The number of urea groups is 1. The van der Waals surface area contributed by atoms with Gasteiger partial charge in [-0.15, -0.1) is 23.5 Å². The lowest BCUT2D eigenvalue weighted by atomic mass is 10.1. The molecule has 1 heterocycles. The second-order valence-corrected chi connectivity index (χ2v) is 11.3. The highest BCUT2D eigenvalue weighted by molar-refractivity contribution is 8.00. The first-order chi connectivity index (χ1) is 17.5. The summed E-state index contributed by atoms with van der Waals surface area (Å²) in [6, 6.07) is 20.0. The molecule has 0 spiro atoms. The minimum absolute atomic E-state index is 0.0730. The highest BCUT2D eigenvalue weighted by atomic mass is 35.5. The topological polar surface area (TPSA) is 61.4 Å². The molecule has 5 nitrogen and oxygen atoms in total. The Morgan fingerprint density at radius 3 is 2.50 bits per heavy atom. The molecule has 0 radical (unpaired) electrons. The van der Waals surface area contributed by atoms with Crippen molar-refractivity contribution in [1.29, 1.82) is 0 Å². The molecular weight excluding hydrogens is 533 g/mol. The number of fused-ring (bicyclic) bond motifs is 2. The van der Waals surface area contributed by atoms with E-state index in [1.165, 1.54) is 11.8 Å². The van der Waals surface area contributed by atoms with E-state index in [4.69, 9.17) is 23.2 Å². The van der Waals surface area contributed by atoms with Crippen LogP contribution in [0, 0.1) is 0 Å². The summed E-state index contributed by atoms with van der Waals surface area (Å²) < 4.78 is 0. The quantitative estimate of drug-likeness (QED) is 0.317. The second-order valence-electron chi connectivity index (χ2n) is 8.13. The summed E-state index contributed by atoms with van der Waals surface area (Å²) in [5.74, 6) is 0.0115. The Morgan fingerprint density at radius 1 is 0.889 bits per heavy atom. The van der Waals surface area contributed by atoms with Gasteiger partial charge >= 0.3 is 6.03 Å². The van der Waals surface area contributed by atoms with Crippen LogP contribution in [-0.2, 0) is 4.79 Å². The van der Waals surface area contributed by atoms with E-state index in [0.717, 1.165) is 15.5 Å². The van der Waals surface area contributed by atoms with Gasteiger partial charge in [0.1, 0.15) is 0 Å². The van der Waals surface area contributed by atoms with Gasteiger partial charge in [-0.05, 0) is 48.5 Å². The average molecular weight is 555 g/mol. The van der Waals surface area contributed by atoms with Gasteiger partial charge in [0.2, 0.25) is 5.91 Å². The number of allylic oxidation sites excluding steroid dienone is 2. The molecule has 1 aliphatic heterocycles. The molecule has 1 aliphatic carbocycles. The van der Waals surface area contributed by atoms with E-state index in [2.05, 4.69) is 22.8 Å². The Hall–Kier alpha value is -2.84. The molecule has 0 fully saturated rings. The van der Waals surface area contributed by atoms with Crippen molar-refractivity contribution >= 4 is 75.7 Å². The number of halogens is 2. The van der Waals surface area contributed by atoms with Gasteiger partial charge in [-0.1, -0.05) is 65.7 Å². The van der Waals surface area contributed by atoms with Crippen molar-refractivity contribution in [2.24, 2.45) is 0 Å². The van der Waals surface area contributed by atoms with E-state index < -0.39 is 0 Å². The van der Waals surface area contributed by atoms with E-state index in [0.29, 0.717) is 21.4 Å². The van der Waals surface area contributed by atoms with Crippen LogP contribution in [0.4, 0.5) is 21.9 Å². The molecule has 2 N–H and O–H groups in total. The zero-order valence-corrected chi connectivity index (χ0v) is 22.0. The van der Waals surface area contributed by atoms with Crippen LogP contribution in [0.1, 0.15) is 0 Å². The number of carbonyl (C=O) groups is 2. The molecule has 2 atom stereocenters. The number of benzene rings is 3. The van der Waals surface area contributed by atoms with Crippen LogP contribution in [0.25, 0.3) is 0 Å². The Labute approximate surface area is 227 Å². The molecule has 0 saturated carbocycles. The van der Waals surface area contributed by atoms with Crippen molar-refractivity contribution in [2.45, 2.75) is 21.1 Å². The number of thioether (sulfide) groups is 2. The van der Waals surface area contributed by atoms with Gasteiger partial charge in [-0.3, -0.25) is 9.69 Å². The first-order valence-electron chi connectivity index (χ1n) is 11.2. The maximum Gasteiger partial charge on any atom is 0.326 e. The van der Waals surface area contributed by atoms with Crippen LogP contribution in [0.15, 0.2) is 101 Å². The summed E-state index contributed by atoms with van der Waals surface area (Å²) in [4.78, 5) is 29.7. The standard InChI is InChI=1S/C27H21Cl2N3O2S2/c28-17-12-18(29)14-20(13-17)30-26(33)16-35-21-7-5-6-19(15-21)31-27(34)32-22-8-1-3-10-24(22)36-25-11-4-2-9-23(25)32/h1-15,22,24H,16H2,(H,30,33)(H,31,34). The molecule has 2 aliphatic rings. The van der Waals surface area contributed by atoms with E-state index in [1.807, 2.05) is 65.6 Å². The predicted octanol–water partition coefficient (Wildman–Crippen LogP) is 7.73. The molecule has 2 unspecified atom stereocenters. The first-order valence-corrected chi connectivity index (χ1v) is 13.8. The number of para-hydroxylation sites is 1.